The first-order chi connectivity index (χ1) is 10.3. The number of nitrogens with one attached hydrogen (secondary N) is 1. The van der Waals surface area contributed by atoms with Gasteiger partial charge < -0.3 is 9.88 Å². The molecule has 5 nitrogen and oxygen atoms in total. The van der Waals surface area contributed by atoms with Gasteiger partial charge in [0.15, 0.2) is 5.65 Å². The quantitative estimate of drug-likeness (QED) is 0.940. The van der Waals surface area contributed by atoms with E-state index in [-0.39, 0.29) is 5.91 Å². The van der Waals surface area contributed by atoms with Crippen LogP contribution in [0.25, 0.3) is 11.2 Å². The van der Waals surface area contributed by atoms with Gasteiger partial charge in [-0.1, -0.05) is 27.2 Å². The third kappa shape index (κ3) is 3.40. The summed E-state index contributed by atoms with van der Waals surface area (Å²) in [5.41, 5.74) is 2.75. The van der Waals surface area contributed by atoms with Crippen molar-refractivity contribution < 1.29 is 4.79 Å². The van der Waals surface area contributed by atoms with Crippen LogP contribution in [-0.2, 0) is 11.3 Å². The molecule has 1 unspecified atom stereocenters. The first-order valence-electron chi connectivity index (χ1n) is 7.82. The van der Waals surface area contributed by atoms with Gasteiger partial charge in [-0.25, -0.2) is 9.97 Å². The van der Waals surface area contributed by atoms with Crippen LogP contribution in [0.4, 0.5) is 0 Å². The molecule has 1 atom stereocenters. The van der Waals surface area contributed by atoms with E-state index in [0.29, 0.717) is 24.5 Å². The van der Waals surface area contributed by atoms with Crippen LogP contribution in [-0.4, -0.2) is 32.3 Å². The summed E-state index contributed by atoms with van der Waals surface area (Å²) in [5.74, 6) is 0.791. The van der Waals surface area contributed by atoms with E-state index in [1.807, 2.05) is 24.8 Å². The Morgan fingerprint density at radius 2 is 2.19 bits per heavy atom. The zero-order valence-electron chi connectivity index (χ0n) is 13.1. The molecule has 5 heteroatoms. The van der Waals surface area contributed by atoms with Crippen molar-refractivity contribution in [2.24, 2.45) is 5.92 Å². The lowest BCUT2D eigenvalue weighted by atomic mass is 10.0. The molecule has 0 saturated carbocycles. The molecular formula is C16H24N4O. The minimum absolute atomic E-state index is 0.267. The maximum absolute atomic E-state index is 12.0. The smallest absolute Gasteiger partial charge is 0.223 e. The molecule has 2 aromatic heterocycles. The fourth-order valence-corrected chi connectivity index (χ4v) is 2.85. The average molecular weight is 288 g/mol. The maximum atomic E-state index is 12.0. The molecule has 1 saturated heterocycles. The summed E-state index contributed by atoms with van der Waals surface area (Å²) < 4.78 is 0. The number of aromatic nitrogens is 3. The first kappa shape index (κ1) is 15.5. The highest BCUT2D eigenvalue weighted by Crippen LogP contribution is 2.25. The van der Waals surface area contributed by atoms with Gasteiger partial charge in [0, 0.05) is 31.3 Å². The summed E-state index contributed by atoms with van der Waals surface area (Å²) >= 11 is 0. The number of amides is 1. The van der Waals surface area contributed by atoms with Crippen LogP contribution in [0.15, 0.2) is 18.6 Å². The van der Waals surface area contributed by atoms with Gasteiger partial charge in [0.25, 0.3) is 0 Å². The predicted octanol–water partition coefficient (Wildman–Crippen LogP) is 3.13. The second-order valence-corrected chi connectivity index (χ2v) is 5.20. The van der Waals surface area contributed by atoms with Crippen molar-refractivity contribution in [3.8, 4) is 0 Å². The monoisotopic (exact) mass is 288 g/mol. The number of carbonyl (C=O) groups is 1. The molecule has 1 aliphatic rings. The Kier molecular flexibility index (Phi) is 5.31. The summed E-state index contributed by atoms with van der Waals surface area (Å²) in [6.07, 6.45) is 6.38. The number of aromatic amines is 1. The second kappa shape index (κ2) is 7.20. The van der Waals surface area contributed by atoms with Gasteiger partial charge in [-0.2, -0.15) is 0 Å². The summed E-state index contributed by atoms with van der Waals surface area (Å²) in [4.78, 5) is 25.4. The molecule has 21 heavy (non-hydrogen) atoms. The number of carbonyl (C=O) groups excluding carboxylic acids is 1. The molecule has 0 spiro atoms. The van der Waals surface area contributed by atoms with E-state index in [0.717, 1.165) is 30.5 Å². The van der Waals surface area contributed by atoms with Crippen molar-refractivity contribution >= 4 is 17.1 Å². The fraction of sp³-hybridized carbons (Fsp3) is 0.562. The lowest BCUT2D eigenvalue weighted by molar-refractivity contribution is -0.128. The van der Waals surface area contributed by atoms with Crippen LogP contribution >= 0.6 is 0 Å². The van der Waals surface area contributed by atoms with E-state index >= 15 is 0 Å². The molecular weight excluding hydrogens is 264 g/mol. The third-order valence-corrected chi connectivity index (χ3v) is 3.77. The van der Waals surface area contributed by atoms with Gasteiger partial charge in [0.1, 0.15) is 0 Å². The molecule has 1 N–H and O–H groups in total. The van der Waals surface area contributed by atoms with Gasteiger partial charge in [-0.05, 0) is 18.4 Å². The molecule has 3 rings (SSSR count). The van der Waals surface area contributed by atoms with E-state index in [2.05, 4.69) is 21.9 Å². The van der Waals surface area contributed by atoms with Crippen LogP contribution in [0, 0.1) is 5.92 Å². The molecule has 0 bridgehead atoms. The number of pyridine rings is 1. The van der Waals surface area contributed by atoms with Gasteiger partial charge in [0.05, 0.1) is 11.8 Å². The molecule has 0 radical (unpaired) electrons. The Balaban J connectivity index is 0.000000774. The van der Waals surface area contributed by atoms with Crippen molar-refractivity contribution in [1.82, 2.24) is 19.9 Å². The molecule has 1 amide bonds. The van der Waals surface area contributed by atoms with Crippen LogP contribution in [0.5, 0.6) is 0 Å². The number of imidazole rings is 1. The van der Waals surface area contributed by atoms with Crippen molar-refractivity contribution in [3.63, 3.8) is 0 Å². The maximum Gasteiger partial charge on any atom is 0.223 e. The molecule has 0 aromatic carbocycles. The SMILES string of the molecule is CC.CCCC1CC(=O)N(Cc2ccnc3nc[nH]c23)C1. The number of rotatable bonds is 4. The lowest BCUT2D eigenvalue weighted by Gasteiger charge is -2.16. The van der Waals surface area contributed by atoms with Crippen LogP contribution < -0.4 is 0 Å². The number of likely N-dealkylation sites (tertiary alicyclic amines) is 1. The Morgan fingerprint density at radius 1 is 1.38 bits per heavy atom. The fourth-order valence-electron chi connectivity index (χ4n) is 2.85. The van der Waals surface area contributed by atoms with Crippen molar-refractivity contribution in [3.05, 3.63) is 24.2 Å². The highest BCUT2D eigenvalue weighted by molar-refractivity contribution is 5.80. The Labute approximate surface area is 125 Å². The zero-order chi connectivity index (χ0) is 15.2. The number of fused-ring (bicyclic) bond motifs is 1. The van der Waals surface area contributed by atoms with Gasteiger partial charge in [-0.15, -0.1) is 0 Å². The Morgan fingerprint density at radius 3 is 2.95 bits per heavy atom. The molecule has 1 fully saturated rings. The molecule has 0 aliphatic carbocycles. The molecule has 3 heterocycles. The van der Waals surface area contributed by atoms with E-state index in [4.69, 9.17) is 0 Å². The van der Waals surface area contributed by atoms with Crippen molar-refractivity contribution in [2.45, 2.75) is 46.6 Å². The first-order valence-corrected chi connectivity index (χ1v) is 7.82. The summed E-state index contributed by atoms with van der Waals surface area (Å²) in [7, 11) is 0. The predicted molar refractivity (Wildman–Crippen MR) is 83.7 cm³/mol. The number of hydrogen-bond donors (Lipinski definition) is 1. The van der Waals surface area contributed by atoms with Gasteiger partial charge in [-0.3, -0.25) is 4.79 Å². The minimum atomic E-state index is 0.267. The van der Waals surface area contributed by atoms with E-state index < -0.39 is 0 Å². The van der Waals surface area contributed by atoms with Crippen LogP contribution in [0.1, 0.15) is 45.6 Å². The van der Waals surface area contributed by atoms with Crippen LogP contribution in [0.3, 0.4) is 0 Å². The highest BCUT2D eigenvalue weighted by atomic mass is 16.2. The zero-order valence-corrected chi connectivity index (χ0v) is 13.1. The van der Waals surface area contributed by atoms with E-state index in [1.165, 1.54) is 0 Å². The standard InChI is InChI=1S/C14H18N4O.C2H6/c1-2-3-10-6-12(19)18(7-10)8-11-4-5-15-14-13(11)16-9-17-14;1-2/h4-5,9-10H,2-3,6-8H2,1H3,(H,15,16,17);1-2H3. The Hall–Kier alpha value is -1.91. The van der Waals surface area contributed by atoms with Gasteiger partial charge >= 0.3 is 0 Å². The summed E-state index contributed by atoms with van der Waals surface area (Å²) in [5, 5.41) is 0. The van der Waals surface area contributed by atoms with E-state index in [1.54, 1.807) is 12.5 Å². The highest BCUT2D eigenvalue weighted by Gasteiger charge is 2.29. The number of nitrogens with zero attached hydrogens (tertiary/aromatic N) is 3. The summed E-state index contributed by atoms with van der Waals surface area (Å²) in [6.45, 7) is 7.70. The molecule has 2 aromatic rings. The van der Waals surface area contributed by atoms with Crippen LogP contribution in [0.2, 0.25) is 0 Å². The van der Waals surface area contributed by atoms with Gasteiger partial charge in [0.2, 0.25) is 5.91 Å². The molecule has 114 valence electrons. The lowest BCUT2D eigenvalue weighted by Crippen LogP contribution is -2.24. The topological polar surface area (TPSA) is 61.9 Å². The molecule has 1 aliphatic heterocycles. The van der Waals surface area contributed by atoms with Crippen molar-refractivity contribution in [2.75, 3.05) is 6.54 Å². The van der Waals surface area contributed by atoms with E-state index in [9.17, 15) is 4.79 Å². The summed E-state index contributed by atoms with van der Waals surface area (Å²) in [6, 6.07) is 1.96. The average Bonchev–Trinajstić information content (AvgIpc) is 3.10. The second-order valence-electron chi connectivity index (χ2n) is 5.20. The largest absolute Gasteiger partial charge is 0.343 e. The number of hydrogen-bond acceptors (Lipinski definition) is 3. The normalized spacial score (nSPS) is 18.0. The Bertz CT molecular complexity index is 593. The third-order valence-electron chi connectivity index (χ3n) is 3.77. The van der Waals surface area contributed by atoms with Crippen molar-refractivity contribution in [1.29, 1.82) is 0 Å². The minimum Gasteiger partial charge on any atom is -0.343 e. The number of H-pyrrole nitrogens is 1.